The lowest BCUT2D eigenvalue weighted by Gasteiger charge is -2.22. The van der Waals surface area contributed by atoms with Crippen molar-refractivity contribution in [1.29, 1.82) is 0 Å². The number of esters is 1. The van der Waals surface area contributed by atoms with Crippen LogP contribution in [0.5, 0.6) is 0 Å². The molecule has 2 aromatic rings. The van der Waals surface area contributed by atoms with Gasteiger partial charge in [-0.15, -0.1) is 0 Å². The van der Waals surface area contributed by atoms with Crippen LogP contribution in [-0.4, -0.2) is 26.2 Å². The third-order valence-corrected chi connectivity index (χ3v) is 6.34. The van der Waals surface area contributed by atoms with Crippen molar-refractivity contribution in [2.75, 3.05) is 24.5 Å². The lowest BCUT2D eigenvalue weighted by molar-refractivity contribution is -0.143. The molecule has 0 amide bonds. The Hall–Kier alpha value is -1.69. The van der Waals surface area contributed by atoms with E-state index in [9.17, 15) is 4.79 Å². The van der Waals surface area contributed by atoms with E-state index in [2.05, 4.69) is 53.1 Å². The molecular weight excluding hydrogens is 404 g/mol. The third kappa shape index (κ3) is 5.91. The number of nitrogens with zero attached hydrogens (tertiary/aromatic N) is 1. The number of anilines is 1. The Morgan fingerprint density at radius 2 is 1.93 bits per heavy atom. The molecule has 0 aliphatic carbocycles. The van der Waals surface area contributed by atoms with Crippen molar-refractivity contribution < 1.29 is 9.53 Å². The fraction of sp³-hybridized carbons (Fsp3) is 0.435. The molecule has 1 heterocycles. The van der Waals surface area contributed by atoms with Gasteiger partial charge in [-0.05, 0) is 73.7 Å². The van der Waals surface area contributed by atoms with Crippen LogP contribution in [0.15, 0.2) is 47.4 Å². The number of unbranched alkanes of at least 4 members (excludes halogenated alkanes) is 3. The van der Waals surface area contributed by atoms with Crippen LogP contribution in [0.1, 0.15) is 56.2 Å². The normalized spacial score (nSPS) is 15.4. The Balaban J connectivity index is 1.62. The topological polar surface area (TPSA) is 41.6 Å². The van der Waals surface area contributed by atoms with Gasteiger partial charge in [-0.25, -0.2) is 0 Å². The van der Waals surface area contributed by atoms with Crippen molar-refractivity contribution in [3.05, 3.63) is 58.6 Å². The molecule has 1 N–H and O–H groups in total. The maximum atomic E-state index is 11.4. The van der Waals surface area contributed by atoms with E-state index in [0.29, 0.717) is 13.0 Å². The average Bonchev–Trinajstić information content (AvgIpc) is 2.82. The highest BCUT2D eigenvalue weighted by atomic mass is 35.5. The summed E-state index contributed by atoms with van der Waals surface area (Å²) in [6.45, 7) is 3.22. The number of carbonyl (C=O) groups is 1. The van der Waals surface area contributed by atoms with Crippen LogP contribution < -0.4 is 9.62 Å². The van der Waals surface area contributed by atoms with Gasteiger partial charge in [0.15, 0.2) is 0 Å². The first kappa shape index (κ1) is 22.0. The van der Waals surface area contributed by atoms with E-state index in [1.54, 1.807) is 11.9 Å². The van der Waals surface area contributed by atoms with Crippen LogP contribution in [0.25, 0.3) is 0 Å². The molecular formula is C23H29ClN2O2S. The number of rotatable bonds is 9. The van der Waals surface area contributed by atoms with Crippen LogP contribution in [0.2, 0.25) is 5.02 Å². The molecule has 0 radical (unpaired) electrons. The number of halogens is 1. The molecule has 1 aliphatic rings. The van der Waals surface area contributed by atoms with Crippen LogP contribution in [-0.2, 0) is 9.53 Å². The SMILES string of the molecule is CCOC(=O)CCCCCCNC1c2cc(Cl)ccc2SN(C)c2ccccc21. The molecule has 2 aromatic carbocycles. The molecule has 0 bridgehead atoms. The number of fused-ring (bicyclic) bond motifs is 2. The zero-order valence-electron chi connectivity index (χ0n) is 17.1. The number of ether oxygens (including phenoxy) is 1. The second-order valence-electron chi connectivity index (χ2n) is 7.19. The van der Waals surface area contributed by atoms with E-state index in [0.717, 1.165) is 37.3 Å². The minimum Gasteiger partial charge on any atom is -0.466 e. The Morgan fingerprint density at radius 1 is 1.14 bits per heavy atom. The zero-order chi connectivity index (χ0) is 20.6. The number of hydrogen-bond acceptors (Lipinski definition) is 5. The van der Waals surface area contributed by atoms with Gasteiger partial charge in [-0.3, -0.25) is 4.79 Å². The number of nitrogens with one attached hydrogen (secondary N) is 1. The molecule has 1 aliphatic heterocycles. The third-order valence-electron chi connectivity index (χ3n) is 5.07. The Bertz CT molecular complexity index is 830. The van der Waals surface area contributed by atoms with Gasteiger partial charge in [0.05, 0.1) is 18.3 Å². The van der Waals surface area contributed by atoms with Gasteiger partial charge in [-0.2, -0.15) is 0 Å². The first-order valence-corrected chi connectivity index (χ1v) is 11.4. The first-order valence-electron chi connectivity index (χ1n) is 10.3. The van der Waals surface area contributed by atoms with Gasteiger partial charge >= 0.3 is 5.97 Å². The highest BCUT2D eigenvalue weighted by Gasteiger charge is 2.26. The number of carbonyl (C=O) groups excluding carboxylic acids is 1. The summed E-state index contributed by atoms with van der Waals surface area (Å²) < 4.78 is 7.20. The lowest BCUT2D eigenvalue weighted by atomic mass is 9.96. The molecule has 0 saturated heterocycles. The number of benzene rings is 2. The highest BCUT2D eigenvalue weighted by Crippen LogP contribution is 2.43. The fourth-order valence-electron chi connectivity index (χ4n) is 3.66. The number of hydrogen-bond donors (Lipinski definition) is 1. The summed E-state index contributed by atoms with van der Waals surface area (Å²) in [5.41, 5.74) is 3.71. The van der Waals surface area contributed by atoms with E-state index in [1.807, 2.05) is 13.0 Å². The molecule has 0 spiro atoms. The van der Waals surface area contributed by atoms with Crippen molar-refractivity contribution in [3.63, 3.8) is 0 Å². The quantitative estimate of drug-likeness (QED) is 0.299. The summed E-state index contributed by atoms with van der Waals surface area (Å²) >= 11 is 8.07. The van der Waals surface area contributed by atoms with Gasteiger partial charge in [0.2, 0.25) is 0 Å². The van der Waals surface area contributed by atoms with Crippen molar-refractivity contribution in [1.82, 2.24) is 5.32 Å². The lowest BCUT2D eigenvalue weighted by Crippen LogP contribution is -2.24. The number of para-hydroxylation sites is 1. The van der Waals surface area contributed by atoms with Gasteiger partial charge < -0.3 is 14.4 Å². The predicted molar refractivity (Wildman–Crippen MR) is 122 cm³/mol. The van der Waals surface area contributed by atoms with E-state index in [1.165, 1.54) is 21.7 Å². The second-order valence-corrected chi connectivity index (χ2v) is 8.79. The minimum atomic E-state index is -0.0872. The molecule has 0 fully saturated rings. The van der Waals surface area contributed by atoms with E-state index < -0.39 is 0 Å². The highest BCUT2D eigenvalue weighted by molar-refractivity contribution is 8.00. The Kier molecular flexibility index (Phi) is 8.28. The summed E-state index contributed by atoms with van der Waals surface area (Å²) in [6.07, 6.45) is 4.62. The second kappa shape index (κ2) is 10.9. The van der Waals surface area contributed by atoms with Crippen molar-refractivity contribution in [3.8, 4) is 0 Å². The van der Waals surface area contributed by atoms with Crippen molar-refractivity contribution >= 4 is 35.2 Å². The summed E-state index contributed by atoms with van der Waals surface area (Å²) in [5, 5.41) is 4.51. The monoisotopic (exact) mass is 432 g/mol. The summed E-state index contributed by atoms with van der Waals surface area (Å²) in [6, 6.07) is 14.8. The van der Waals surface area contributed by atoms with E-state index >= 15 is 0 Å². The van der Waals surface area contributed by atoms with Crippen LogP contribution in [0.4, 0.5) is 5.69 Å². The zero-order valence-corrected chi connectivity index (χ0v) is 18.7. The molecule has 0 aromatic heterocycles. The van der Waals surface area contributed by atoms with Crippen LogP contribution in [0.3, 0.4) is 0 Å². The van der Waals surface area contributed by atoms with Gasteiger partial charge in [-0.1, -0.05) is 42.6 Å². The van der Waals surface area contributed by atoms with Gasteiger partial charge in [0.1, 0.15) is 0 Å². The smallest absolute Gasteiger partial charge is 0.305 e. The molecule has 3 rings (SSSR count). The molecule has 29 heavy (non-hydrogen) atoms. The van der Waals surface area contributed by atoms with Gasteiger partial charge in [0.25, 0.3) is 0 Å². The Labute approximate surface area is 183 Å². The van der Waals surface area contributed by atoms with Crippen LogP contribution >= 0.6 is 23.5 Å². The minimum absolute atomic E-state index is 0.0872. The summed E-state index contributed by atoms with van der Waals surface area (Å²) in [7, 11) is 2.10. The van der Waals surface area contributed by atoms with Crippen molar-refractivity contribution in [2.24, 2.45) is 0 Å². The fourth-order valence-corrected chi connectivity index (χ4v) is 4.81. The summed E-state index contributed by atoms with van der Waals surface area (Å²) in [4.78, 5) is 12.6. The summed E-state index contributed by atoms with van der Waals surface area (Å²) in [5.74, 6) is -0.0872. The molecule has 156 valence electrons. The molecule has 6 heteroatoms. The van der Waals surface area contributed by atoms with E-state index in [-0.39, 0.29) is 12.0 Å². The molecule has 1 unspecified atom stereocenters. The average molecular weight is 433 g/mol. The maximum absolute atomic E-state index is 11.4. The molecule has 0 saturated carbocycles. The van der Waals surface area contributed by atoms with Crippen LogP contribution in [0, 0.1) is 0 Å². The predicted octanol–water partition coefficient (Wildman–Crippen LogP) is 5.99. The molecule has 1 atom stereocenters. The Morgan fingerprint density at radius 3 is 2.76 bits per heavy atom. The largest absolute Gasteiger partial charge is 0.466 e. The van der Waals surface area contributed by atoms with E-state index in [4.69, 9.17) is 16.3 Å². The standard InChI is InChI=1S/C23H29ClN2O2S/c1-3-28-22(27)12-6-4-5-9-15-25-23-18-10-7-8-11-20(18)26(2)29-21-14-13-17(24)16-19(21)23/h7-8,10-11,13-14,16,23,25H,3-6,9,12,15H2,1-2H3. The molecule has 4 nitrogen and oxygen atoms in total. The van der Waals surface area contributed by atoms with Gasteiger partial charge in [0, 0.05) is 23.4 Å². The van der Waals surface area contributed by atoms with Crippen molar-refractivity contribution in [2.45, 2.75) is 50.0 Å². The first-order chi connectivity index (χ1) is 14.1. The maximum Gasteiger partial charge on any atom is 0.305 e.